The topological polar surface area (TPSA) is 207 Å². The summed E-state index contributed by atoms with van der Waals surface area (Å²) in [6.07, 6.45) is -1.07. The third-order valence-electron chi connectivity index (χ3n) is 6.00. The van der Waals surface area contributed by atoms with Gasteiger partial charge in [0.05, 0.1) is 6.10 Å². The Bertz CT molecular complexity index is 1020. The minimum absolute atomic E-state index is 0. The number of esters is 1. The van der Waals surface area contributed by atoms with Gasteiger partial charge in [-0.2, -0.15) is 0 Å². The predicted molar refractivity (Wildman–Crippen MR) is 161 cm³/mol. The summed E-state index contributed by atoms with van der Waals surface area (Å²) < 4.78 is 10.6. The van der Waals surface area contributed by atoms with Crippen LogP contribution in [0.2, 0.25) is 0 Å². The third kappa shape index (κ3) is 14.7. The molecule has 0 fully saturated rings. The monoisotopic (exact) mass is 594 g/mol. The van der Waals surface area contributed by atoms with E-state index in [1.54, 1.807) is 52.0 Å². The van der Waals surface area contributed by atoms with Crippen LogP contribution < -0.4 is 27.4 Å². The van der Waals surface area contributed by atoms with Crippen LogP contribution in [-0.4, -0.2) is 71.3 Å². The van der Waals surface area contributed by atoms with Gasteiger partial charge in [0.25, 0.3) is 0 Å². The molecular formula is C29H50N6O7. The number of benzene rings is 1. The Morgan fingerprint density at radius 1 is 0.976 bits per heavy atom. The third-order valence-corrected chi connectivity index (χ3v) is 6.00. The molecule has 1 aromatic rings. The Morgan fingerprint density at radius 3 is 2.10 bits per heavy atom. The highest BCUT2D eigenvalue weighted by atomic mass is 16.6. The number of amides is 3. The standard InChI is InChI=1S/C28H46N6O7.CH4/c1-7-17(2)21(24(37)34-22(18(3)35)25(38)40-16-19-12-9-8-10-13-19)33-23(36)20(14-11-15-31-26(29)30)32-27(39)41-28(4,5)6;/h8-10,12-13,17-18,20-22,35H,7,11,14-16H2,1-6H3,(H,32,39)(H,33,36)(H,34,37)(H4,29,30,31);1H4/t17-,18-,20+,21-,22-;/m0./s1. The average Bonchev–Trinajstić information content (AvgIpc) is 2.89. The molecule has 3 amide bonds. The van der Waals surface area contributed by atoms with Crippen molar-refractivity contribution in [3.63, 3.8) is 0 Å². The molecule has 0 aliphatic carbocycles. The Morgan fingerprint density at radius 2 is 1.57 bits per heavy atom. The Kier molecular flexibility index (Phi) is 16.8. The number of aliphatic hydroxyl groups is 1. The molecule has 8 N–H and O–H groups in total. The van der Waals surface area contributed by atoms with E-state index in [2.05, 4.69) is 20.9 Å². The largest absolute Gasteiger partial charge is 0.459 e. The van der Waals surface area contributed by atoms with Gasteiger partial charge in [-0.05, 0) is 52.0 Å². The van der Waals surface area contributed by atoms with Gasteiger partial charge in [-0.25, -0.2) is 9.59 Å². The molecule has 0 aliphatic rings. The molecule has 1 aromatic carbocycles. The van der Waals surface area contributed by atoms with E-state index in [1.165, 1.54) is 6.92 Å². The van der Waals surface area contributed by atoms with E-state index < -0.39 is 53.7 Å². The minimum Gasteiger partial charge on any atom is -0.459 e. The molecule has 0 spiro atoms. The van der Waals surface area contributed by atoms with E-state index in [-0.39, 0.29) is 38.9 Å². The van der Waals surface area contributed by atoms with E-state index in [9.17, 15) is 24.3 Å². The van der Waals surface area contributed by atoms with Crippen molar-refractivity contribution < 1.29 is 33.8 Å². The van der Waals surface area contributed by atoms with Crippen LogP contribution in [0.25, 0.3) is 0 Å². The summed E-state index contributed by atoms with van der Waals surface area (Å²) in [4.78, 5) is 55.7. The number of nitrogens with one attached hydrogen (secondary N) is 3. The van der Waals surface area contributed by atoms with E-state index in [0.29, 0.717) is 12.8 Å². The fraction of sp³-hybridized carbons (Fsp3) is 0.621. The van der Waals surface area contributed by atoms with E-state index in [1.807, 2.05) is 13.0 Å². The van der Waals surface area contributed by atoms with Gasteiger partial charge in [-0.3, -0.25) is 14.6 Å². The van der Waals surface area contributed by atoms with E-state index >= 15 is 0 Å². The van der Waals surface area contributed by atoms with E-state index in [0.717, 1.165) is 5.56 Å². The van der Waals surface area contributed by atoms with Crippen molar-refractivity contribution in [1.29, 1.82) is 0 Å². The van der Waals surface area contributed by atoms with Gasteiger partial charge in [-0.1, -0.05) is 58.0 Å². The zero-order valence-corrected chi connectivity index (χ0v) is 24.8. The molecule has 0 heterocycles. The lowest BCUT2D eigenvalue weighted by Gasteiger charge is -2.29. The summed E-state index contributed by atoms with van der Waals surface area (Å²) in [5.74, 6) is -2.61. The van der Waals surface area contributed by atoms with Crippen molar-refractivity contribution in [3.05, 3.63) is 35.9 Å². The van der Waals surface area contributed by atoms with Crippen LogP contribution in [0, 0.1) is 5.92 Å². The van der Waals surface area contributed by atoms with Crippen molar-refractivity contribution >= 4 is 29.8 Å². The van der Waals surface area contributed by atoms with Gasteiger partial charge in [0.15, 0.2) is 12.0 Å². The fourth-order valence-corrected chi connectivity index (χ4v) is 3.62. The number of hydrogen-bond acceptors (Lipinski definition) is 8. The molecule has 0 bridgehead atoms. The summed E-state index contributed by atoms with van der Waals surface area (Å²) in [6, 6.07) is 5.44. The number of ether oxygens (including phenoxy) is 2. The van der Waals surface area contributed by atoms with Crippen LogP contribution in [-0.2, 0) is 30.5 Å². The zero-order chi connectivity index (χ0) is 31.2. The van der Waals surface area contributed by atoms with Crippen LogP contribution in [0.3, 0.4) is 0 Å². The molecule has 42 heavy (non-hydrogen) atoms. The summed E-state index contributed by atoms with van der Waals surface area (Å²) >= 11 is 0. The quantitative estimate of drug-likeness (QED) is 0.0755. The van der Waals surface area contributed by atoms with Crippen molar-refractivity contribution in [2.24, 2.45) is 22.4 Å². The predicted octanol–water partition coefficient (Wildman–Crippen LogP) is 1.71. The first-order valence-corrected chi connectivity index (χ1v) is 13.7. The summed E-state index contributed by atoms with van der Waals surface area (Å²) in [7, 11) is 0. The number of guanidine groups is 1. The smallest absolute Gasteiger partial charge is 0.408 e. The summed E-state index contributed by atoms with van der Waals surface area (Å²) in [5.41, 5.74) is 10.7. The van der Waals surface area contributed by atoms with Crippen LogP contribution in [0.5, 0.6) is 0 Å². The Balaban J connectivity index is 0.0000168. The van der Waals surface area contributed by atoms with Gasteiger partial charge in [0, 0.05) is 6.54 Å². The molecule has 0 saturated heterocycles. The maximum absolute atomic E-state index is 13.3. The first-order valence-electron chi connectivity index (χ1n) is 13.7. The van der Waals surface area contributed by atoms with Gasteiger partial charge in [0.1, 0.15) is 24.3 Å². The lowest BCUT2D eigenvalue weighted by Crippen LogP contribution is -2.59. The van der Waals surface area contributed by atoms with Crippen molar-refractivity contribution in [3.8, 4) is 0 Å². The number of aliphatic hydroxyl groups excluding tert-OH is 1. The highest BCUT2D eigenvalue weighted by Crippen LogP contribution is 2.12. The highest BCUT2D eigenvalue weighted by molar-refractivity contribution is 5.93. The van der Waals surface area contributed by atoms with Crippen LogP contribution in [0.1, 0.15) is 73.8 Å². The summed E-state index contributed by atoms with van der Waals surface area (Å²) in [6.45, 7) is 10.2. The second-order valence-electron chi connectivity index (χ2n) is 10.8. The average molecular weight is 595 g/mol. The first-order chi connectivity index (χ1) is 19.1. The molecule has 1 rings (SSSR count). The maximum atomic E-state index is 13.3. The zero-order valence-electron chi connectivity index (χ0n) is 24.8. The molecule has 0 radical (unpaired) electrons. The SMILES string of the molecule is C.CC[C@H](C)[C@H](NC(=O)[C@@H](CCCN=C(N)N)NC(=O)OC(C)(C)C)C(=O)N[C@H](C(=O)OCc1ccccc1)[C@H](C)O. The number of carbonyl (C=O) groups is 4. The van der Waals surface area contributed by atoms with Crippen molar-refractivity contribution in [1.82, 2.24) is 16.0 Å². The molecule has 5 atom stereocenters. The number of nitrogens with two attached hydrogens (primary N) is 2. The molecule has 0 unspecified atom stereocenters. The second-order valence-corrected chi connectivity index (χ2v) is 10.8. The minimum atomic E-state index is -1.37. The highest BCUT2D eigenvalue weighted by Gasteiger charge is 2.34. The van der Waals surface area contributed by atoms with Gasteiger partial charge < -0.3 is 42.0 Å². The molecule has 238 valence electrons. The van der Waals surface area contributed by atoms with Gasteiger partial charge in [0.2, 0.25) is 11.8 Å². The van der Waals surface area contributed by atoms with Crippen molar-refractivity contribution in [2.45, 2.75) is 105 Å². The molecule has 0 saturated carbocycles. The fourth-order valence-electron chi connectivity index (χ4n) is 3.62. The Labute approximate surface area is 249 Å². The number of nitrogens with zero attached hydrogens (tertiary/aromatic N) is 1. The Hall–Kier alpha value is -3.87. The lowest BCUT2D eigenvalue weighted by atomic mass is 9.97. The number of aliphatic imine (C=N–C) groups is 1. The number of hydrogen-bond donors (Lipinski definition) is 6. The second kappa shape index (κ2) is 18.5. The van der Waals surface area contributed by atoms with Crippen molar-refractivity contribution in [2.75, 3.05) is 6.54 Å². The lowest BCUT2D eigenvalue weighted by molar-refractivity contribution is -0.152. The number of rotatable bonds is 15. The maximum Gasteiger partial charge on any atom is 0.408 e. The van der Waals surface area contributed by atoms with Crippen LogP contribution in [0.4, 0.5) is 4.79 Å². The van der Waals surface area contributed by atoms with Gasteiger partial charge >= 0.3 is 12.1 Å². The normalized spacial score (nSPS) is 14.5. The molecule has 0 aliphatic heterocycles. The molecule has 13 nitrogen and oxygen atoms in total. The molecule has 13 heteroatoms. The molecule has 0 aromatic heterocycles. The van der Waals surface area contributed by atoms with Crippen LogP contribution in [0.15, 0.2) is 35.3 Å². The van der Waals surface area contributed by atoms with Gasteiger partial charge in [-0.15, -0.1) is 0 Å². The first kappa shape index (κ1) is 38.1. The van der Waals surface area contributed by atoms with Crippen LogP contribution >= 0.6 is 0 Å². The number of carbonyl (C=O) groups excluding carboxylic acids is 4. The summed E-state index contributed by atoms with van der Waals surface area (Å²) in [5, 5.41) is 18.0. The molecular weight excluding hydrogens is 544 g/mol. The number of alkyl carbamates (subject to hydrolysis) is 1. The van der Waals surface area contributed by atoms with E-state index in [4.69, 9.17) is 20.9 Å².